The molecule has 1 fully saturated rings. The minimum Gasteiger partial charge on any atom is -0.481 e. The van der Waals surface area contributed by atoms with Crippen LogP contribution in [0.1, 0.15) is 26.2 Å². The average Bonchev–Trinajstić information content (AvgIpc) is 2.96. The Morgan fingerprint density at radius 3 is 2.67 bits per heavy atom. The van der Waals surface area contributed by atoms with Crippen molar-refractivity contribution in [1.29, 1.82) is 0 Å². The van der Waals surface area contributed by atoms with Gasteiger partial charge in [-0.25, -0.2) is 0 Å². The molecule has 5 heteroatoms. The number of carbonyl (C=O) groups excluding carboxylic acids is 1. The third-order valence-corrected chi connectivity index (χ3v) is 3.81. The quantitative estimate of drug-likeness (QED) is 0.873. The summed E-state index contributed by atoms with van der Waals surface area (Å²) in [6.45, 7) is 2.78. The van der Waals surface area contributed by atoms with Crippen molar-refractivity contribution < 1.29 is 19.4 Å². The van der Waals surface area contributed by atoms with Gasteiger partial charge in [0.15, 0.2) is 0 Å². The first-order valence-corrected chi connectivity index (χ1v) is 7.33. The maximum Gasteiger partial charge on any atom is 0.305 e. The van der Waals surface area contributed by atoms with Gasteiger partial charge in [0.05, 0.1) is 18.4 Å². The topological polar surface area (TPSA) is 66.8 Å². The predicted molar refractivity (Wildman–Crippen MR) is 79.2 cm³/mol. The Balaban J connectivity index is 2.18. The summed E-state index contributed by atoms with van der Waals surface area (Å²) in [4.78, 5) is 25.2. The molecule has 1 N–H and O–H groups in total. The number of benzene rings is 1. The standard InChI is InChI=1S/C16H21NO4/c1-2-14-13(9-11-21-14)16(20)17(10-8-15(18)19)12-6-4-3-5-7-12/h3-7,13-14H,2,8-11H2,1H3,(H,18,19). The Bertz CT molecular complexity index is 488. The number of hydrogen-bond donors (Lipinski definition) is 1. The van der Waals surface area contributed by atoms with Gasteiger partial charge in [-0.1, -0.05) is 25.1 Å². The fraction of sp³-hybridized carbons (Fsp3) is 0.500. The van der Waals surface area contributed by atoms with Crippen LogP contribution in [0.3, 0.4) is 0 Å². The van der Waals surface area contributed by atoms with E-state index in [1.807, 2.05) is 37.3 Å². The van der Waals surface area contributed by atoms with Crippen LogP contribution in [0.4, 0.5) is 5.69 Å². The maximum atomic E-state index is 12.8. The van der Waals surface area contributed by atoms with Crippen molar-refractivity contribution >= 4 is 17.6 Å². The molecule has 1 aliphatic rings. The molecule has 1 heterocycles. The minimum absolute atomic E-state index is 0.0354. The molecule has 1 saturated heterocycles. The van der Waals surface area contributed by atoms with Gasteiger partial charge in [-0.15, -0.1) is 0 Å². The van der Waals surface area contributed by atoms with E-state index >= 15 is 0 Å². The Hall–Kier alpha value is -1.88. The lowest BCUT2D eigenvalue weighted by molar-refractivity contribution is -0.136. The summed E-state index contributed by atoms with van der Waals surface area (Å²) in [5, 5.41) is 8.89. The molecule has 1 aliphatic heterocycles. The number of amides is 1. The second-order valence-corrected chi connectivity index (χ2v) is 5.18. The second kappa shape index (κ2) is 7.22. The van der Waals surface area contributed by atoms with Gasteiger partial charge < -0.3 is 14.7 Å². The van der Waals surface area contributed by atoms with E-state index in [0.29, 0.717) is 13.0 Å². The molecule has 2 rings (SSSR count). The van der Waals surface area contributed by atoms with E-state index in [0.717, 1.165) is 12.1 Å². The Morgan fingerprint density at radius 2 is 2.05 bits per heavy atom. The van der Waals surface area contributed by atoms with Gasteiger partial charge in [0.25, 0.3) is 0 Å². The smallest absolute Gasteiger partial charge is 0.305 e. The van der Waals surface area contributed by atoms with Gasteiger partial charge in [0.2, 0.25) is 5.91 Å². The number of carboxylic acids is 1. The zero-order valence-electron chi connectivity index (χ0n) is 12.2. The number of aliphatic carboxylic acids is 1. The van der Waals surface area contributed by atoms with Crippen molar-refractivity contribution in [3.8, 4) is 0 Å². The summed E-state index contributed by atoms with van der Waals surface area (Å²) in [5.41, 5.74) is 0.741. The SMILES string of the molecule is CCC1OCCC1C(=O)N(CCC(=O)O)c1ccccc1. The maximum absolute atomic E-state index is 12.8. The van der Waals surface area contributed by atoms with Gasteiger partial charge in [-0.3, -0.25) is 9.59 Å². The summed E-state index contributed by atoms with van der Waals surface area (Å²) in [6, 6.07) is 9.22. The number of carbonyl (C=O) groups is 2. The van der Waals surface area contributed by atoms with Crippen molar-refractivity contribution in [1.82, 2.24) is 0 Å². The normalized spacial score (nSPS) is 21.2. The van der Waals surface area contributed by atoms with E-state index in [1.54, 1.807) is 4.90 Å². The van der Waals surface area contributed by atoms with E-state index in [4.69, 9.17) is 9.84 Å². The number of ether oxygens (including phenoxy) is 1. The molecule has 0 bridgehead atoms. The van der Waals surface area contributed by atoms with Crippen LogP contribution in [0.5, 0.6) is 0 Å². The van der Waals surface area contributed by atoms with Crippen LogP contribution < -0.4 is 4.90 Å². The number of para-hydroxylation sites is 1. The van der Waals surface area contributed by atoms with Gasteiger partial charge in [-0.05, 0) is 25.0 Å². The van der Waals surface area contributed by atoms with E-state index in [1.165, 1.54) is 0 Å². The molecule has 2 unspecified atom stereocenters. The molecular formula is C16H21NO4. The summed E-state index contributed by atoms with van der Waals surface area (Å²) in [6.07, 6.45) is 1.37. The fourth-order valence-corrected chi connectivity index (χ4v) is 2.72. The van der Waals surface area contributed by atoms with E-state index in [2.05, 4.69) is 0 Å². The lowest BCUT2D eigenvalue weighted by Gasteiger charge is -2.27. The van der Waals surface area contributed by atoms with Crippen molar-refractivity contribution in [2.75, 3.05) is 18.1 Å². The van der Waals surface area contributed by atoms with Crippen molar-refractivity contribution in [3.05, 3.63) is 30.3 Å². The van der Waals surface area contributed by atoms with Crippen LogP contribution in [0.25, 0.3) is 0 Å². The highest BCUT2D eigenvalue weighted by Gasteiger charge is 2.36. The van der Waals surface area contributed by atoms with Crippen LogP contribution in [0.2, 0.25) is 0 Å². The lowest BCUT2D eigenvalue weighted by atomic mass is 9.97. The van der Waals surface area contributed by atoms with Crippen LogP contribution in [0.15, 0.2) is 30.3 Å². The number of hydrogen-bond acceptors (Lipinski definition) is 3. The molecule has 114 valence electrons. The number of anilines is 1. The first-order valence-electron chi connectivity index (χ1n) is 7.33. The van der Waals surface area contributed by atoms with Crippen molar-refractivity contribution in [3.63, 3.8) is 0 Å². The Labute approximate surface area is 124 Å². The molecule has 0 aromatic heterocycles. The highest BCUT2D eigenvalue weighted by atomic mass is 16.5. The summed E-state index contributed by atoms with van der Waals surface area (Å²) in [5.74, 6) is -1.12. The third kappa shape index (κ3) is 3.82. The van der Waals surface area contributed by atoms with Crippen LogP contribution in [-0.4, -0.2) is 36.2 Å². The van der Waals surface area contributed by atoms with Crippen LogP contribution >= 0.6 is 0 Å². The van der Waals surface area contributed by atoms with Gasteiger partial charge in [-0.2, -0.15) is 0 Å². The molecule has 5 nitrogen and oxygen atoms in total. The van der Waals surface area contributed by atoms with Gasteiger partial charge in [0.1, 0.15) is 0 Å². The first kappa shape index (κ1) is 15.5. The zero-order chi connectivity index (χ0) is 15.2. The van der Waals surface area contributed by atoms with Crippen molar-refractivity contribution in [2.24, 2.45) is 5.92 Å². The van der Waals surface area contributed by atoms with E-state index < -0.39 is 5.97 Å². The highest BCUT2D eigenvalue weighted by molar-refractivity contribution is 5.96. The summed E-state index contributed by atoms with van der Waals surface area (Å²) < 4.78 is 5.58. The van der Waals surface area contributed by atoms with Crippen LogP contribution in [0, 0.1) is 5.92 Å². The van der Waals surface area contributed by atoms with Gasteiger partial charge >= 0.3 is 5.97 Å². The molecule has 0 saturated carbocycles. The number of rotatable bonds is 6. The molecule has 0 radical (unpaired) electrons. The van der Waals surface area contributed by atoms with E-state index in [9.17, 15) is 9.59 Å². The first-order chi connectivity index (χ1) is 10.1. The summed E-state index contributed by atoms with van der Waals surface area (Å²) in [7, 11) is 0. The number of nitrogens with zero attached hydrogens (tertiary/aromatic N) is 1. The predicted octanol–water partition coefficient (Wildman–Crippen LogP) is 2.31. The van der Waals surface area contributed by atoms with Crippen molar-refractivity contribution in [2.45, 2.75) is 32.3 Å². The average molecular weight is 291 g/mol. The largest absolute Gasteiger partial charge is 0.481 e. The van der Waals surface area contributed by atoms with Crippen LogP contribution in [-0.2, 0) is 14.3 Å². The lowest BCUT2D eigenvalue weighted by Crippen LogP contribution is -2.40. The Kier molecular flexibility index (Phi) is 5.33. The third-order valence-electron chi connectivity index (χ3n) is 3.81. The molecule has 1 aromatic rings. The zero-order valence-corrected chi connectivity index (χ0v) is 12.2. The molecule has 0 spiro atoms. The minimum atomic E-state index is -0.904. The Morgan fingerprint density at radius 1 is 1.33 bits per heavy atom. The highest BCUT2D eigenvalue weighted by Crippen LogP contribution is 2.27. The summed E-state index contributed by atoms with van der Waals surface area (Å²) >= 11 is 0. The number of carboxylic acid groups (broad SMARTS) is 1. The fourth-order valence-electron chi connectivity index (χ4n) is 2.72. The monoisotopic (exact) mass is 291 g/mol. The molecule has 2 atom stereocenters. The van der Waals surface area contributed by atoms with Gasteiger partial charge in [0, 0.05) is 18.8 Å². The van der Waals surface area contributed by atoms with E-state index in [-0.39, 0.29) is 30.9 Å². The second-order valence-electron chi connectivity index (χ2n) is 5.18. The molecule has 21 heavy (non-hydrogen) atoms. The molecular weight excluding hydrogens is 270 g/mol. The molecule has 1 amide bonds. The molecule has 0 aliphatic carbocycles. The molecule has 1 aromatic carbocycles.